The molecular formula is C12H20F3N3O3. The summed E-state index contributed by atoms with van der Waals surface area (Å²) in [7, 11) is 0. The molecule has 9 heteroatoms. The average molecular weight is 311 g/mol. The van der Waals surface area contributed by atoms with E-state index >= 15 is 0 Å². The normalized spacial score (nSPS) is 23.8. The van der Waals surface area contributed by atoms with Crippen molar-refractivity contribution < 1.29 is 27.9 Å². The lowest BCUT2D eigenvalue weighted by Crippen LogP contribution is -2.68. The summed E-state index contributed by atoms with van der Waals surface area (Å²) in [6.07, 6.45) is -5.70. The van der Waals surface area contributed by atoms with Crippen LogP contribution in [0.4, 0.5) is 18.0 Å². The first-order chi connectivity index (χ1) is 9.43. The average Bonchev–Trinajstić information content (AvgIpc) is 2.33. The van der Waals surface area contributed by atoms with Gasteiger partial charge in [-0.2, -0.15) is 13.2 Å². The molecule has 122 valence electrons. The molecule has 0 aromatic rings. The first kappa shape index (κ1) is 17.5. The molecule has 0 aromatic carbocycles. The summed E-state index contributed by atoms with van der Waals surface area (Å²) in [5, 5.41) is 13.8. The van der Waals surface area contributed by atoms with Crippen LogP contribution in [-0.4, -0.2) is 59.9 Å². The van der Waals surface area contributed by atoms with E-state index in [1.807, 2.05) is 5.32 Å². The number of amides is 2. The number of nitrogens with one attached hydrogen (secondary N) is 2. The third-order valence-electron chi connectivity index (χ3n) is 3.25. The highest BCUT2D eigenvalue weighted by atomic mass is 19.4. The smallest absolute Gasteiger partial charge is 0.407 e. The number of rotatable bonds is 2. The number of hydrogen-bond acceptors (Lipinski definition) is 3. The lowest BCUT2D eigenvalue weighted by molar-refractivity contribution is -0.142. The van der Waals surface area contributed by atoms with Crippen LogP contribution in [0.1, 0.15) is 20.8 Å². The van der Waals surface area contributed by atoms with Crippen LogP contribution in [0.25, 0.3) is 0 Å². The molecule has 1 aliphatic heterocycles. The van der Waals surface area contributed by atoms with E-state index < -0.39 is 42.2 Å². The number of piperazine rings is 1. The Bertz CT molecular complexity index is 407. The molecule has 2 atom stereocenters. The van der Waals surface area contributed by atoms with Gasteiger partial charge < -0.3 is 20.6 Å². The van der Waals surface area contributed by atoms with Crippen molar-refractivity contribution in [2.45, 2.75) is 39.0 Å². The van der Waals surface area contributed by atoms with Gasteiger partial charge in [-0.25, -0.2) is 4.79 Å². The fourth-order valence-corrected chi connectivity index (χ4v) is 2.49. The van der Waals surface area contributed by atoms with Crippen molar-refractivity contribution in [3.63, 3.8) is 0 Å². The molecule has 0 aliphatic carbocycles. The summed E-state index contributed by atoms with van der Waals surface area (Å²) in [6, 6.07) is -1.77. The Kier molecular flexibility index (Phi) is 5.08. The van der Waals surface area contributed by atoms with E-state index in [9.17, 15) is 27.9 Å². The van der Waals surface area contributed by atoms with E-state index in [2.05, 4.69) is 5.32 Å². The van der Waals surface area contributed by atoms with Gasteiger partial charge in [-0.05, 0) is 5.41 Å². The van der Waals surface area contributed by atoms with Gasteiger partial charge in [0.25, 0.3) is 0 Å². The summed E-state index contributed by atoms with van der Waals surface area (Å²) in [5.41, 5.74) is -0.605. The fourth-order valence-electron chi connectivity index (χ4n) is 2.49. The molecule has 0 bridgehead atoms. The number of carboxylic acid groups (broad SMARTS) is 1. The van der Waals surface area contributed by atoms with Gasteiger partial charge in [0.15, 0.2) is 0 Å². The minimum absolute atomic E-state index is 0.181. The maximum Gasteiger partial charge on any atom is 0.407 e. The second-order valence-electron chi connectivity index (χ2n) is 6.05. The first-order valence-electron chi connectivity index (χ1n) is 6.51. The Morgan fingerprint density at radius 1 is 1.33 bits per heavy atom. The van der Waals surface area contributed by atoms with E-state index in [-0.39, 0.29) is 13.1 Å². The van der Waals surface area contributed by atoms with Crippen molar-refractivity contribution >= 4 is 12.0 Å². The molecule has 2 amide bonds. The van der Waals surface area contributed by atoms with Crippen molar-refractivity contribution in [3.05, 3.63) is 0 Å². The Hall–Kier alpha value is -1.51. The number of nitrogens with zero attached hydrogens (tertiary/aromatic N) is 1. The predicted octanol–water partition coefficient (Wildman–Crippen LogP) is 1.03. The molecule has 1 saturated heterocycles. The van der Waals surface area contributed by atoms with Crippen molar-refractivity contribution in [2.75, 3.05) is 19.6 Å². The highest BCUT2D eigenvalue weighted by Crippen LogP contribution is 2.29. The zero-order valence-corrected chi connectivity index (χ0v) is 12.1. The fraction of sp³-hybridized carbons (Fsp3) is 0.833. The molecule has 0 spiro atoms. The SMILES string of the molecule is CC(C)(C)C1[C@H](C(=O)NCC(F)(F)F)NCCN1C(=O)O. The first-order valence-corrected chi connectivity index (χ1v) is 6.51. The van der Waals surface area contributed by atoms with Crippen molar-refractivity contribution in [2.24, 2.45) is 5.41 Å². The van der Waals surface area contributed by atoms with Gasteiger partial charge in [-0.1, -0.05) is 20.8 Å². The van der Waals surface area contributed by atoms with Crippen molar-refractivity contribution in [1.82, 2.24) is 15.5 Å². The van der Waals surface area contributed by atoms with Crippen LogP contribution >= 0.6 is 0 Å². The van der Waals surface area contributed by atoms with Crippen LogP contribution in [-0.2, 0) is 4.79 Å². The molecule has 21 heavy (non-hydrogen) atoms. The largest absolute Gasteiger partial charge is 0.465 e. The second-order valence-corrected chi connectivity index (χ2v) is 6.05. The summed E-state index contributed by atoms with van der Waals surface area (Å²) in [4.78, 5) is 24.4. The van der Waals surface area contributed by atoms with Gasteiger partial charge in [0.05, 0.1) is 6.04 Å². The summed E-state index contributed by atoms with van der Waals surface area (Å²) < 4.78 is 36.5. The van der Waals surface area contributed by atoms with E-state index in [4.69, 9.17) is 0 Å². The van der Waals surface area contributed by atoms with Gasteiger partial charge in [0, 0.05) is 13.1 Å². The highest BCUT2D eigenvalue weighted by molar-refractivity contribution is 5.84. The minimum Gasteiger partial charge on any atom is -0.465 e. The minimum atomic E-state index is -4.51. The van der Waals surface area contributed by atoms with E-state index in [0.29, 0.717) is 0 Å². The molecule has 1 rings (SSSR count). The third-order valence-corrected chi connectivity index (χ3v) is 3.25. The number of carbonyl (C=O) groups excluding carboxylic acids is 1. The molecular weight excluding hydrogens is 291 g/mol. The zero-order valence-electron chi connectivity index (χ0n) is 12.1. The van der Waals surface area contributed by atoms with Crippen LogP contribution in [0, 0.1) is 5.41 Å². The lowest BCUT2D eigenvalue weighted by Gasteiger charge is -2.46. The van der Waals surface area contributed by atoms with Crippen LogP contribution < -0.4 is 10.6 Å². The van der Waals surface area contributed by atoms with E-state index in [1.54, 1.807) is 20.8 Å². The number of alkyl halides is 3. The molecule has 0 aromatic heterocycles. The van der Waals surface area contributed by atoms with Gasteiger partial charge >= 0.3 is 12.3 Å². The summed E-state index contributed by atoms with van der Waals surface area (Å²) in [6.45, 7) is 4.18. The van der Waals surface area contributed by atoms with Crippen LogP contribution in [0.3, 0.4) is 0 Å². The predicted molar refractivity (Wildman–Crippen MR) is 68.8 cm³/mol. The molecule has 1 aliphatic rings. The number of hydrogen-bond donors (Lipinski definition) is 3. The molecule has 1 heterocycles. The van der Waals surface area contributed by atoms with E-state index in [0.717, 1.165) is 4.90 Å². The number of carbonyl (C=O) groups is 2. The molecule has 3 N–H and O–H groups in total. The molecule has 0 saturated carbocycles. The standard InChI is InChI=1S/C12H20F3N3O3/c1-11(2,3)8-7(9(19)17-6-12(13,14)15)16-4-5-18(8)10(20)21/h7-8,16H,4-6H2,1-3H3,(H,17,19)(H,20,21)/t7-,8?/m1/s1. The Morgan fingerprint density at radius 2 is 1.90 bits per heavy atom. The van der Waals surface area contributed by atoms with Crippen LogP contribution in [0.5, 0.6) is 0 Å². The molecule has 0 radical (unpaired) electrons. The van der Waals surface area contributed by atoms with Gasteiger partial charge in [-0.3, -0.25) is 4.79 Å². The molecule has 6 nitrogen and oxygen atoms in total. The third kappa shape index (κ3) is 4.76. The van der Waals surface area contributed by atoms with Gasteiger partial charge in [0.1, 0.15) is 12.6 Å². The Balaban J connectivity index is 2.91. The number of halogens is 3. The highest BCUT2D eigenvalue weighted by Gasteiger charge is 2.45. The van der Waals surface area contributed by atoms with Crippen LogP contribution in [0.15, 0.2) is 0 Å². The maximum atomic E-state index is 12.2. The Morgan fingerprint density at radius 3 is 2.33 bits per heavy atom. The summed E-state index contributed by atoms with van der Waals surface area (Å²) >= 11 is 0. The van der Waals surface area contributed by atoms with Gasteiger partial charge in [-0.15, -0.1) is 0 Å². The molecule has 1 unspecified atom stereocenters. The lowest BCUT2D eigenvalue weighted by atomic mass is 9.79. The second kappa shape index (κ2) is 6.08. The molecule has 1 fully saturated rings. The zero-order chi connectivity index (χ0) is 16.4. The quantitative estimate of drug-likeness (QED) is 0.711. The van der Waals surface area contributed by atoms with E-state index in [1.165, 1.54) is 0 Å². The Labute approximate surface area is 120 Å². The van der Waals surface area contributed by atoms with Crippen molar-refractivity contribution in [1.29, 1.82) is 0 Å². The maximum absolute atomic E-state index is 12.2. The summed E-state index contributed by atoms with van der Waals surface area (Å²) in [5.74, 6) is -0.849. The topological polar surface area (TPSA) is 81.7 Å². The van der Waals surface area contributed by atoms with Crippen molar-refractivity contribution in [3.8, 4) is 0 Å². The monoisotopic (exact) mass is 311 g/mol. The van der Waals surface area contributed by atoms with Gasteiger partial charge in [0.2, 0.25) is 5.91 Å². The van der Waals surface area contributed by atoms with Crippen LogP contribution in [0.2, 0.25) is 0 Å².